The summed E-state index contributed by atoms with van der Waals surface area (Å²) in [6.07, 6.45) is 1.97. The molecule has 0 radical (unpaired) electrons. The van der Waals surface area contributed by atoms with Crippen molar-refractivity contribution in [3.05, 3.63) is 45.8 Å². The van der Waals surface area contributed by atoms with Gasteiger partial charge in [0.15, 0.2) is 11.5 Å². The van der Waals surface area contributed by atoms with Crippen LogP contribution in [0.3, 0.4) is 0 Å². The molecule has 2 amide bonds. The highest BCUT2D eigenvalue weighted by Crippen LogP contribution is 2.38. The Labute approximate surface area is 186 Å². The normalized spacial score (nSPS) is 10.6. The Morgan fingerprint density at radius 2 is 1.60 bits per heavy atom. The molecule has 2 aromatic carbocycles. The number of hydrogen-bond donors (Lipinski definition) is 2. The number of fused-ring (bicyclic) bond motifs is 1. The standard InChI is InChI=1S/C20H19ClN2O5S2/c1-26-13-7-10(8-14(27-2)17(13)28-3)19(24)22-23-20(25)18-16(21)12-6-5-11(29-4)9-15(12)30-18/h5-9H,1-4H3,(H,22,24)(H,23,25). The third-order valence-electron chi connectivity index (χ3n) is 4.26. The summed E-state index contributed by atoms with van der Waals surface area (Å²) in [6.45, 7) is 0. The number of rotatable bonds is 6. The molecule has 1 aromatic heterocycles. The zero-order chi connectivity index (χ0) is 21.8. The van der Waals surface area contributed by atoms with Crippen LogP contribution in [-0.4, -0.2) is 39.4 Å². The van der Waals surface area contributed by atoms with Crippen molar-refractivity contribution < 1.29 is 23.8 Å². The summed E-state index contributed by atoms with van der Waals surface area (Å²) in [5, 5.41) is 1.14. The lowest BCUT2D eigenvalue weighted by atomic mass is 10.1. The molecule has 0 fully saturated rings. The number of hydrogen-bond acceptors (Lipinski definition) is 7. The van der Waals surface area contributed by atoms with Gasteiger partial charge in [-0.05, 0) is 30.5 Å². The maximum Gasteiger partial charge on any atom is 0.281 e. The number of hydrazine groups is 1. The van der Waals surface area contributed by atoms with Gasteiger partial charge in [-0.1, -0.05) is 17.7 Å². The molecule has 0 aliphatic heterocycles. The molecule has 158 valence electrons. The minimum Gasteiger partial charge on any atom is -0.493 e. The Balaban J connectivity index is 1.79. The van der Waals surface area contributed by atoms with E-state index < -0.39 is 11.8 Å². The molecule has 0 saturated carbocycles. The fourth-order valence-electron chi connectivity index (χ4n) is 2.77. The smallest absolute Gasteiger partial charge is 0.281 e. The third kappa shape index (κ3) is 4.28. The van der Waals surface area contributed by atoms with Gasteiger partial charge in [0.2, 0.25) is 5.75 Å². The average Bonchev–Trinajstić information content (AvgIpc) is 3.11. The van der Waals surface area contributed by atoms with E-state index in [0.29, 0.717) is 27.1 Å². The summed E-state index contributed by atoms with van der Waals surface area (Å²) < 4.78 is 16.6. The van der Waals surface area contributed by atoms with E-state index in [2.05, 4.69) is 10.9 Å². The maximum atomic E-state index is 12.6. The molecule has 30 heavy (non-hydrogen) atoms. The number of thiophene rings is 1. The van der Waals surface area contributed by atoms with E-state index in [1.807, 2.05) is 24.5 Å². The number of halogens is 1. The van der Waals surface area contributed by atoms with Crippen molar-refractivity contribution in [2.75, 3.05) is 27.6 Å². The van der Waals surface area contributed by atoms with Crippen molar-refractivity contribution in [3.63, 3.8) is 0 Å². The molecular formula is C20H19ClN2O5S2. The fourth-order valence-corrected chi connectivity index (χ4v) is 4.74. The van der Waals surface area contributed by atoms with Crippen molar-refractivity contribution >= 4 is 56.6 Å². The largest absolute Gasteiger partial charge is 0.493 e. The quantitative estimate of drug-likeness (QED) is 0.414. The summed E-state index contributed by atoms with van der Waals surface area (Å²) in [7, 11) is 4.37. The molecule has 0 aliphatic carbocycles. The highest BCUT2D eigenvalue weighted by atomic mass is 35.5. The first-order chi connectivity index (χ1) is 14.4. The molecule has 2 N–H and O–H groups in total. The average molecular weight is 467 g/mol. The van der Waals surface area contributed by atoms with Gasteiger partial charge in [0.1, 0.15) is 4.88 Å². The van der Waals surface area contributed by atoms with E-state index in [1.54, 1.807) is 11.8 Å². The first-order valence-corrected chi connectivity index (χ1v) is 11.0. The molecule has 3 aromatic rings. The van der Waals surface area contributed by atoms with Crippen LogP contribution in [0.25, 0.3) is 10.1 Å². The van der Waals surface area contributed by atoms with Crippen LogP contribution in [0.15, 0.2) is 35.2 Å². The number of thioether (sulfide) groups is 1. The van der Waals surface area contributed by atoms with Gasteiger partial charge in [0.05, 0.1) is 26.4 Å². The van der Waals surface area contributed by atoms with E-state index in [1.165, 1.54) is 44.8 Å². The molecule has 10 heteroatoms. The number of nitrogens with one attached hydrogen (secondary N) is 2. The lowest BCUT2D eigenvalue weighted by Gasteiger charge is -2.14. The Morgan fingerprint density at radius 3 is 2.17 bits per heavy atom. The van der Waals surface area contributed by atoms with Crippen molar-refractivity contribution in [1.29, 1.82) is 0 Å². The van der Waals surface area contributed by atoms with Gasteiger partial charge in [-0.3, -0.25) is 20.4 Å². The van der Waals surface area contributed by atoms with Gasteiger partial charge < -0.3 is 14.2 Å². The predicted octanol–water partition coefficient (Wildman–Crippen LogP) is 4.38. The molecule has 0 atom stereocenters. The van der Waals surface area contributed by atoms with Crippen LogP contribution in [-0.2, 0) is 0 Å². The Hall–Kier alpha value is -2.62. The Bertz CT molecular complexity index is 1090. The van der Waals surface area contributed by atoms with Gasteiger partial charge in [0, 0.05) is 20.5 Å². The highest BCUT2D eigenvalue weighted by molar-refractivity contribution is 7.98. The SMILES string of the molecule is COc1cc(C(=O)NNC(=O)c2sc3cc(SC)ccc3c2Cl)cc(OC)c1OC. The van der Waals surface area contributed by atoms with Crippen LogP contribution in [0.4, 0.5) is 0 Å². The van der Waals surface area contributed by atoms with E-state index in [4.69, 9.17) is 25.8 Å². The second-order valence-electron chi connectivity index (χ2n) is 5.93. The molecule has 7 nitrogen and oxygen atoms in total. The van der Waals surface area contributed by atoms with Crippen molar-refractivity contribution in [1.82, 2.24) is 10.9 Å². The second kappa shape index (κ2) is 9.46. The maximum absolute atomic E-state index is 12.6. The van der Waals surface area contributed by atoms with Crippen molar-refractivity contribution in [3.8, 4) is 17.2 Å². The van der Waals surface area contributed by atoms with E-state index in [-0.39, 0.29) is 5.56 Å². The monoisotopic (exact) mass is 466 g/mol. The number of amides is 2. The molecule has 0 aliphatic rings. The van der Waals surface area contributed by atoms with Crippen molar-refractivity contribution in [2.24, 2.45) is 0 Å². The summed E-state index contributed by atoms with van der Waals surface area (Å²) >= 11 is 9.24. The van der Waals surface area contributed by atoms with Crippen LogP contribution < -0.4 is 25.1 Å². The zero-order valence-corrected chi connectivity index (χ0v) is 19.0. The van der Waals surface area contributed by atoms with Crippen molar-refractivity contribution in [2.45, 2.75) is 4.90 Å². The zero-order valence-electron chi connectivity index (χ0n) is 16.6. The summed E-state index contributed by atoms with van der Waals surface area (Å²) in [4.78, 5) is 26.5. The van der Waals surface area contributed by atoms with E-state index >= 15 is 0 Å². The molecule has 0 saturated heterocycles. The molecule has 0 unspecified atom stereocenters. The lowest BCUT2D eigenvalue weighted by Crippen LogP contribution is -2.41. The summed E-state index contributed by atoms with van der Waals surface area (Å²) in [5.74, 6) is -0.0459. The first kappa shape index (κ1) is 22.1. The Kier molecular flexibility index (Phi) is 6.96. The van der Waals surface area contributed by atoms with E-state index in [0.717, 1.165) is 15.0 Å². The minimum absolute atomic E-state index is 0.219. The second-order valence-corrected chi connectivity index (χ2v) is 8.24. The van der Waals surface area contributed by atoms with Gasteiger partial charge >= 0.3 is 0 Å². The van der Waals surface area contributed by atoms with Crippen LogP contribution in [0, 0.1) is 0 Å². The van der Waals surface area contributed by atoms with Gasteiger partial charge in [-0.25, -0.2) is 0 Å². The molecule has 3 rings (SSSR count). The molecule has 1 heterocycles. The molecule has 0 bridgehead atoms. The summed E-state index contributed by atoms with van der Waals surface area (Å²) in [6, 6.07) is 8.77. The van der Waals surface area contributed by atoms with Crippen LogP contribution in [0.1, 0.15) is 20.0 Å². The number of carbonyl (C=O) groups excluding carboxylic acids is 2. The molecular weight excluding hydrogens is 448 g/mol. The third-order valence-corrected chi connectivity index (χ3v) is 6.64. The van der Waals surface area contributed by atoms with Gasteiger partial charge in [-0.2, -0.15) is 0 Å². The number of methoxy groups -OCH3 is 3. The topological polar surface area (TPSA) is 85.9 Å². The predicted molar refractivity (Wildman–Crippen MR) is 120 cm³/mol. The number of carbonyl (C=O) groups is 2. The molecule has 0 spiro atoms. The highest BCUT2D eigenvalue weighted by Gasteiger charge is 2.20. The van der Waals surface area contributed by atoms with Gasteiger partial charge in [-0.15, -0.1) is 23.1 Å². The Morgan fingerprint density at radius 1 is 0.967 bits per heavy atom. The number of benzene rings is 2. The van der Waals surface area contributed by atoms with Gasteiger partial charge in [0.25, 0.3) is 11.8 Å². The van der Waals surface area contributed by atoms with E-state index in [9.17, 15) is 9.59 Å². The van der Waals surface area contributed by atoms with Crippen LogP contribution >= 0.6 is 34.7 Å². The minimum atomic E-state index is -0.551. The summed E-state index contributed by atoms with van der Waals surface area (Å²) in [5.41, 5.74) is 5.00. The van der Waals surface area contributed by atoms with Crippen LogP contribution in [0.2, 0.25) is 5.02 Å². The van der Waals surface area contributed by atoms with Crippen LogP contribution in [0.5, 0.6) is 17.2 Å². The number of ether oxygens (including phenoxy) is 3. The lowest BCUT2D eigenvalue weighted by molar-refractivity contribution is 0.0848. The first-order valence-electron chi connectivity index (χ1n) is 8.60. The fraction of sp³-hybridized carbons (Fsp3) is 0.200.